The summed E-state index contributed by atoms with van der Waals surface area (Å²) in [4.78, 5) is 0. The lowest BCUT2D eigenvalue weighted by Gasteiger charge is -2.03. The number of pyridine rings is 1. The van der Waals surface area contributed by atoms with Gasteiger partial charge in [-0.3, -0.25) is 0 Å². The predicted octanol–water partition coefficient (Wildman–Crippen LogP) is 3.03. The van der Waals surface area contributed by atoms with E-state index in [4.69, 9.17) is 4.74 Å². The van der Waals surface area contributed by atoms with E-state index < -0.39 is 6.67 Å². The highest BCUT2D eigenvalue weighted by molar-refractivity contribution is 5.69. The van der Waals surface area contributed by atoms with Gasteiger partial charge in [0.25, 0.3) is 0 Å². The van der Waals surface area contributed by atoms with E-state index in [0.717, 1.165) is 11.1 Å². The zero-order chi connectivity index (χ0) is 13.5. The highest BCUT2D eigenvalue weighted by atomic mass is 19.1. The van der Waals surface area contributed by atoms with Crippen molar-refractivity contribution in [2.45, 2.75) is 0 Å². The van der Waals surface area contributed by atoms with E-state index in [-0.39, 0.29) is 6.61 Å². The molecule has 3 heteroatoms. The molecule has 2 rings (SSSR count). The van der Waals surface area contributed by atoms with Gasteiger partial charge in [-0.05, 0) is 23.3 Å². The molecule has 2 aromatic rings. The number of aromatic nitrogens is 1. The fourth-order valence-electron chi connectivity index (χ4n) is 1.65. The summed E-state index contributed by atoms with van der Waals surface area (Å²) >= 11 is 0. The van der Waals surface area contributed by atoms with E-state index in [2.05, 4.69) is 18.2 Å². The molecule has 0 aliphatic heterocycles. The summed E-state index contributed by atoms with van der Waals surface area (Å²) in [7, 11) is 1.99. The third kappa shape index (κ3) is 4.21. The van der Waals surface area contributed by atoms with Crippen molar-refractivity contribution >= 4 is 12.2 Å². The number of hydrogen-bond acceptors (Lipinski definition) is 1. The Morgan fingerprint density at radius 3 is 2.16 bits per heavy atom. The Bertz CT molecular complexity index is 532. The average molecular weight is 258 g/mol. The molecule has 1 aromatic carbocycles. The number of nitrogens with zero attached hydrogens (tertiary/aromatic N) is 1. The second-order valence-electron chi connectivity index (χ2n) is 4.24. The van der Waals surface area contributed by atoms with Crippen LogP contribution in [0.5, 0.6) is 5.75 Å². The van der Waals surface area contributed by atoms with Gasteiger partial charge < -0.3 is 4.74 Å². The molecule has 0 amide bonds. The molecule has 1 heterocycles. The molecule has 0 saturated carbocycles. The Hall–Kier alpha value is -2.16. The second kappa shape index (κ2) is 6.69. The minimum absolute atomic E-state index is 0.107. The lowest BCUT2D eigenvalue weighted by molar-refractivity contribution is -0.671. The van der Waals surface area contributed by atoms with Crippen molar-refractivity contribution in [3.63, 3.8) is 0 Å². The molecule has 0 aliphatic rings. The Morgan fingerprint density at radius 2 is 1.58 bits per heavy atom. The van der Waals surface area contributed by atoms with Crippen LogP contribution in [-0.4, -0.2) is 13.3 Å². The fraction of sp³-hybridized carbons (Fsp3) is 0.188. The van der Waals surface area contributed by atoms with Crippen LogP contribution in [-0.2, 0) is 7.05 Å². The molecule has 0 saturated heterocycles. The maximum atomic E-state index is 12.0. The van der Waals surface area contributed by atoms with Gasteiger partial charge in [-0.15, -0.1) is 0 Å². The highest BCUT2D eigenvalue weighted by Crippen LogP contribution is 2.14. The van der Waals surface area contributed by atoms with Crippen LogP contribution in [0.25, 0.3) is 12.2 Å². The molecule has 1 aromatic heterocycles. The normalized spacial score (nSPS) is 10.8. The number of halogens is 1. The van der Waals surface area contributed by atoms with Gasteiger partial charge in [0, 0.05) is 12.1 Å². The van der Waals surface area contributed by atoms with E-state index in [1.54, 1.807) is 0 Å². The molecule has 0 atom stereocenters. The lowest BCUT2D eigenvalue weighted by Crippen LogP contribution is -2.25. The quantitative estimate of drug-likeness (QED) is 0.751. The standard InChI is InChI=1S/C16H17FNO/c1-18-11-8-15(9-12-18)3-2-14-4-6-16(7-5-14)19-13-10-17/h2-9,11-12H,10,13H2,1H3/q+1/b3-2+. The van der Waals surface area contributed by atoms with Crippen LogP contribution < -0.4 is 9.30 Å². The van der Waals surface area contributed by atoms with Crippen LogP contribution in [0.15, 0.2) is 48.8 Å². The monoisotopic (exact) mass is 258 g/mol. The largest absolute Gasteiger partial charge is 0.491 e. The van der Waals surface area contributed by atoms with Crippen molar-refractivity contribution in [1.82, 2.24) is 0 Å². The van der Waals surface area contributed by atoms with Crippen molar-refractivity contribution in [2.75, 3.05) is 13.3 Å². The van der Waals surface area contributed by atoms with Gasteiger partial charge in [0.05, 0.1) is 0 Å². The van der Waals surface area contributed by atoms with Gasteiger partial charge >= 0.3 is 0 Å². The molecule has 0 bridgehead atoms. The molecule has 0 N–H and O–H groups in total. The van der Waals surface area contributed by atoms with Gasteiger partial charge in [-0.25, -0.2) is 8.96 Å². The number of hydrogen-bond donors (Lipinski definition) is 0. The third-order valence-corrected chi connectivity index (χ3v) is 2.70. The zero-order valence-corrected chi connectivity index (χ0v) is 10.9. The Labute approximate surface area is 112 Å². The van der Waals surface area contributed by atoms with E-state index in [1.807, 2.05) is 54.3 Å². The van der Waals surface area contributed by atoms with Crippen LogP contribution in [0.4, 0.5) is 4.39 Å². The molecule has 2 nitrogen and oxygen atoms in total. The number of benzene rings is 1. The van der Waals surface area contributed by atoms with E-state index in [9.17, 15) is 4.39 Å². The van der Waals surface area contributed by atoms with Crippen molar-refractivity contribution in [1.29, 1.82) is 0 Å². The number of aryl methyl sites for hydroxylation is 1. The van der Waals surface area contributed by atoms with Gasteiger partial charge in [-0.2, -0.15) is 0 Å². The molecule has 19 heavy (non-hydrogen) atoms. The van der Waals surface area contributed by atoms with Crippen LogP contribution >= 0.6 is 0 Å². The van der Waals surface area contributed by atoms with Crippen LogP contribution in [0.3, 0.4) is 0 Å². The van der Waals surface area contributed by atoms with E-state index in [0.29, 0.717) is 5.75 Å². The smallest absolute Gasteiger partial charge is 0.169 e. The van der Waals surface area contributed by atoms with Gasteiger partial charge in [0.1, 0.15) is 26.1 Å². The summed E-state index contributed by atoms with van der Waals surface area (Å²) in [5.74, 6) is 0.696. The molecule has 0 fully saturated rings. The first-order chi connectivity index (χ1) is 9.28. The lowest BCUT2D eigenvalue weighted by atomic mass is 10.1. The molecule has 0 spiro atoms. The maximum absolute atomic E-state index is 12.0. The molecular weight excluding hydrogens is 241 g/mol. The Morgan fingerprint density at radius 1 is 1.00 bits per heavy atom. The summed E-state index contributed by atoms with van der Waals surface area (Å²) in [5.41, 5.74) is 2.23. The van der Waals surface area contributed by atoms with E-state index in [1.165, 1.54) is 0 Å². The van der Waals surface area contributed by atoms with Crippen molar-refractivity contribution < 1.29 is 13.7 Å². The second-order valence-corrected chi connectivity index (χ2v) is 4.24. The summed E-state index contributed by atoms with van der Waals surface area (Å²) in [5, 5.41) is 0. The van der Waals surface area contributed by atoms with Gasteiger partial charge in [-0.1, -0.05) is 24.3 Å². The molecule has 0 aliphatic carbocycles. The topological polar surface area (TPSA) is 13.1 Å². The number of rotatable bonds is 5. The van der Waals surface area contributed by atoms with Crippen molar-refractivity contribution in [3.05, 3.63) is 59.9 Å². The maximum Gasteiger partial charge on any atom is 0.169 e. The first-order valence-corrected chi connectivity index (χ1v) is 6.20. The number of alkyl halides is 1. The molecule has 0 radical (unpaired) electrons. The molecule has 98 valence electrons. The van der Waals surface area contributed by atoms with Gasteiger partial charge in [0.2, 0.25) is 0 Å². The van der Waals surface area contributed by atoms with Crippen LogP contribution in [0.1, 0.15) is 11.1 Å². The zero-order valence-electron chi connectivity index (χ0n) is 10.9. The molecule has 0 unspecified atom stereocenters. The number of ether oxygens (including phenoxy) is 1. The van der Waals surface area contributed by atoms with Crippen molar-refractivity contribution in [3.8, 4) is 5.75 Å². The Balaban J connectivity index is 2.00. The van der Waals surface area contributed by atoms with Gasteiger partial charge in [0.15, 0.2) is 12.4 Å². The van der Waals surface area contributed by atoms with E-state index >= 15 is 0 Å². The summed E-state index contributed by atoms with van der Waals surface area (Å²) in [6.45, 7) is -0.358. The Kier molecular flexibility index (Phi) is 4.67. The fourth-order valence-corrected chi connectivity index (χ4v) is 1.65. The highest BCUT2D eigenvalue weighted by Gasteiger charge is 1.94. The third-order valence-electron chi connectivity index (χ3n) is 2.70. The van der Waals surface area contributed by atoms with Crippen LogP contribution in [0, 0.1) is 0 Å². The summed E-state index contributed by atoms with van der Waals surface area (Å²) in [6.07, 6.45) is 8.10. The summed E-state index contributed by atoms with van der Waals surface area (Å²) < 4.78 is 19.1. The van der Waals surface area contributed by atoms with Crippen LogP contribution in [0.2, 0.25) is 0 Å². The summed E-state index contributed by atoms with van der Waals surface area (Å²) in [6, 6.07) is 11.7. The average Bonchev–Trinajstić information content (AvgIpc) is 2.46. The minimum Gasteiger partial charge on any atom is -0.491 e. The predicted molar refractivity (Wildman–Crippen MR) is 74.5 cm³/mol. The minimum atomic E-state index is -0.465. The SMILES string of the molecule is C[n+]1ccc(/C=C/c2ccc(OCCF)cc2)cc1. The first kappa shape index (κ1) is 13.3. The first-order valence-electron chi connectivity index (χ1n) is 6.20. The van der Waals surface area contributed by atoms with Crippen molar-refractivity contribution in [2.24, 2.45) is 7.05 Å². The molecular formula is C16H17FNO+.